The summed E-state index contributed by atoms with van der Waals surface area (Å²) in [5.74, 6) is 0.202. The Morgan fingerprint density at radius 1 is 1.50 bits per heavy atom. The third-order valence-electron chi connectivity index (χ3n) is 2.77. The molecule has 14 heavy (non-hydrogen) atoms. The molecule has 1 rings (SSSR count). The molecule has 0 bridgehead atoms. The molecule has 1 heterocycles. The van der Waals surface area contributed by atoms with Crippen molar-refractivity contribution < 1.29 is 9.53 Å². The minimum Gasteiger partial charge on any atom is -0.443 e. The van der Waals surface area contributed by atoms with Crippen LogP contribution < -0.4 is 0 Å². The van der Waals surface area contributed by atoms with Crippen molar-refractivity contribution in [2.24, 2.45) is 5.92 Å². The lowest BCUT2D eigenvalue weighted by Gasteiger charge is -2.17. The quantitative estimate of drug-likeness (QED) is 0.460. The van der Waals surface area contributed by atoms with Crippen molar-refractivity contribution in [2.45, 2.75) is 38.2 Å². The van der Waals surface area contributed by atoms with Gasteiger partial charge in [0, 0.05) is 12.3 Å². The Morgan fingerprint density at radius 3 is 2.50 bits per heavy atom. The van der Waals surface area contributed by atoms with E-state index < -0.39 is 5.60 Å². The zero-order valence-corrected chi connectivity index (χ0v) is 8.79. The molecule has 0 saturated carbocycles. The maximum atomic E-state index is 11.3. The molecule has 1 aliphatic rings. The number of carbonyl (C=O) groups is 1. The van der Waals surface area contributed by atoms with E-state index in [0.29, 0.717) is 6.42 Å². The van der Waals surface area contributed by atoms with Crippen LogP contribution in [-0.2, 0) is 9.53 Å². The summed E-state index contributed by atoms with van der Waals surface area (Å²) in [5, 5.41) is 0. The second kappa shape index (κ2) is 4.45. The van der Waals surface area contributed by atoms with Crippen LogP contribution in [0.5, 0.6) is 0 Å². The first-order valence-corrected chi connectivity index (χ1v) is 5.16. The van der Waals surface area contributed by atoms with Crippen LogP contribution in [0, 0.1) is 5.92 Å². The van der Waals surface area contributed by atoms with Gasteiger partial charge < -0.3 is 4.74 Å². The van der Waals surface area contributed by atoms with Crippen LogP contribution in [0.15, 0.2) is 25.3 Å². The molecular weight excluding hydrogens is 176 g/mol. The molecule has 1 aliphatic heterocycles. The first-order chi connectivity index (χ1) is 6.71. The standard InChI is InChI=1S/C12H18O2/c1-4-7-10(8-5-2)12(9-6-3)11(13)14-12/h4,6,10H,1,3,5,7-9H2,2H3. The minimum atomic E-state index is -0.550. The fourth-order valence-electron chi connectivity index (χ4n) is 1.99. The lowest BCUT2D eigenvalue weighted by molar-refractivity contribution is -0.117. The van der Waals surface area contributed by atoms with Gasteiger partial charge in [-0.15, -0.1) is 13.2 Å². The molecule has 1 fully saturated rings. The first-order valence-electron chi connectivity index (χ1n) is 5.16. The monoisotopic (exact) mass is 194 g/mol. The van der Waals surface area contributed by atoms with Gasteiger partial charge in [-0.3, -0.25) is 0 Å². The average Bonchev–Trinajstić information content (AvgIpc) is 2.78. The van der Waals surface area contributed by atoms with Crippen molar-refractivity contribution in [3.05, 3.63) is 25.3 Å². The van der Waals surface area contributed by atoms with E-state index in [-0.39, 0.29) is 11.9 Å². The third kappa shape index (κ3) is 1.89. The van der Waals surface area contributed by atoms with E-state index in [9.17, 15) is 4.79 Å². The Morgan fingerprint density at radius 2 is 2.14 bits per heavy atom. The molecule has 0 aromatic rings. The highest BCUT2D eigenvalue weighted by Gasteiger charge is 2.61. The predicted molar refractivity (Wildman–Crippen MR) is 56.8 cm³/mol. The SMILES string of the molecule is C=CCC(CCC)C1(CC=C)OC1=O. The van der Waals surface area contributed by atoms with Crippen LogP contribution in [0.25, 0.3) is 0 Å². The molecule has 2 unspecified atom stereocenters. The van der Waals surface area contributed by atoms with Crippen LogP contribution in [0.3, 0.4) is 0 Å². The number of allylic oxidation sites excluding steroid dienone is 1. The van der Waals surface area contributed by atoms with E-state index in [1.807, 2.05) is 6.08 Å². The topological polar surface area (TPSA) is 29.6 Å². The zero-order chi connectivity index (χ0) is 10.6. The van der Waals surface area contributed by atoms with Gasteiger partial charge in [-0.2, -0.15) is 0 Å². The molecule has 0 aromatic carbocycles. The summed E-state index contributed by atoms with van der Waals surface area (Å²) in [7, 11) is 0. The van der Waals surface area contributed by atoms with Gasteiger partial charge in [0.1, 0.15) is 0 Å². The number of hydrogen-bond acceptors (Lipinski definition) is 2. The smallest absolute Gasteiger partial charge is 0.352 e. The van der Waals surface area contributed by atoms with E-state index in [2.05, 4.69) is 20.1 Å². The lowest BCUT2D eigenvalue weighted by atomic mass is 9.83. The Balaban J connectivity index is 2.68. The van der Waals surface area contributed by atoms with Gasteiger partial charge in [-0.1, -0.05) is 25.5 Å². The highest BCUT2D eigenvalue weighted by molar-refractivity contribution is 5.93. The van der Waals surface area contributed by atoms with E-state index in [1.54, 1.807) is 6.08 Å². The molecule has 1 saturated heterocycles. The molecule has 0 aliphatic carbocycles. The minimum absolute atomic E-state index is 0.0716. The Labute approximate surface area is 85.6 Å². The first kappa shape index (κ1) is 11.0. The maximum Gasteiger partial charge on any atom is 0.352 e. The van der Waals surface area contributed by atoms with Gasteiger partial charge in [0.25, 0.3) is 0 Å². The van der Waals surface area contributed by atoms with E-state index in [1.165, 1.54) is 0 Å². The van der Waals surface area contributed by atoms with Gasteiger partial charge in [0.05, 0.1) is 0 Å². The maximum absolute atomic E-state index is 11.3. The summed E-state index contributed by atoms with van der Waals surface area (Å²) >= 11 is 0. The zero-order valence-electron chi connectivity index (χ0n) is 8.79. The number of epoxide rings is 1. The average molecular weight is 194 g/mol. The van der Waals surface area contributed by atoms with Crippen molar-refractivity contribution in [1.82, 2.24) is 0 Å². The molecule has 2 heteroatoms. The highest BCUT2D eigenvalue weighted by atomic mass is 16.7. The van der Waals surface area contributed by atoms with Crippen LogP contribution in [0.1, 0.15) is 32.6 Å². The summed E-state index contributed by atoms with van der Waals surface area (Å²) in [5.41, 5.74) is -0.550. The predicted octanol–water partition coefficient (Wildman–Crippen LogP) is 2.85. The fraction of sp³-hybridized carbons (Fsp3) is 0.583. The number of ether oxygens (including phenoxy) is 1. The van der Waals surface area contributed by atoms with Crippen molar-refractivity contribution in [2.75, 3.05) is 0 Å². The lowest BCUT2D eigenvalue weighted by Crippen LogP contribution is -2.24. The van der Waals surface area contributed by atoms with Crippen molar-refractivity contribution >= 4 is 5.97 Å². The Hall–Kier alpha value is -1.05. The number of carbonyl (C=O) groups excluding carboxylic acids is 1. The van der Waals surface area contributed by atoms with Crippen LogP contribution >= 0.6 is 0 Å². The normalized spacial score (nSPS) is 26.5. The van der Waals surface area contributed by atoms with Gasteiger partial charge in [-0.25, -0.2) is 4.79 Å². The fourth-order valence-corrected chi connectivity index (χ4v) is 1.99. The molecule has 0 aromatic heterocycles. The summed E-state index contributed by atoms with van der Waals surface area (Å²) < 4.78 is 5.15. The summed E-state index contributed by atoms with van der Waals surface area (Å²) in [6.07, 6.45) is 7.16. The molecule has 0 spiro atoms. The second-order valence-electron chi connectivity index (χ2n) is 3.78. The highest BCUT2D eigenvalue weighted by Crippen LogP contribution is 2.44. The van der Waals surface area contributed by atoms with Gasteiger partial charge in [0.2, 0.25) is 5.60 Å². The molecule has 78 valence electrons. The third-order valence-corrected chi connectivity index (χ3v) is 2.77. The molecule has 2 nitrogen and oxygen atoms in total. The molecule has 0 N–H and O–H groups in total. The molecule has 0 amide bonds. The molecular formula is C12H18O2. The van der Waals surface area contributed by atoms with Gasteiger partial charge in [0.15, 0.2) is 0 Å². The van der Waals surface area contributed by atoms with E-state index in [0.717, 1.165) is 19.3 Å². The van der Waals surface area contributed by atoms with Crippen LogP contribution in [0.4, 0.5) is 0 Å². The summed E-state index contributed by atoms with van der Waals surface area (Å²) in [6.45, 7) is 9.50. The van der Waals surface area contributed by atoms with Gasteiger partial charge in [-0.05, 0) is 12.8 Å². The van der Waals surface area contributed by atoms with Crippen molar-refractivity contribution in [3.63, 3.8) is 0 Å². The molecule has 2 atom stereocenters. The molecule has 0 radical (unpaired) electrons. The van der Waals surface area contributed by atoms with Crippen molar-refractivity contribution in [3.8, 4) is 0 Å². The number of rotatable bonds is 7. The summed E-state index contributed by atoms with van der Waals surface area (Å²) in [6, 6.07) is 0. The van der Waals surface area contributed by atoms with Crippen molar-refractivity contribution in [1.29, 1.82) is 0 Å². The van der Waals surface area contributed by atoms with Gasteiger partial charge >= 0.3 is 5.97 Å². The number of hydrogen-bond donors (Lipinski definition) is 0. The van der Waals surface area contributed by atoms with Crippen LogP contribution in [0.2, 0.25) is 0 Å². The van der Waals surface area contributed by atoms with E-state index >= 15 is 0 Å². The van der Waals surface area contributed by atoms with E-state index in [4.69, 9.17) is 4.74 Å². The Bertz CT molecular complexity index is 245. The number of cyclic esters (lactones) is 1. The van der Waals surface area contributed by atoms with Crippen LogP contribution in [-0.4, -0.2) is 11.6 Å². The largest absolute Gasteiger partial charge is 0.443 e. The summed E-state index contributed by atoms with van der Waals surface area (Å²) in [4.78, 5) is 11.3. The Kier molecular flexibility index (Phi) is 3.50. The second-order valence-corrected chi connectivity index (χ2v) is 3.78.